The van der Waals surface area contributed by atoms with Gasteiger partial charge in [0.25, 0.3) is 10.0 Å². The lowest BCUT2D eigenvalue weighted by atomic mass is 10.2. The van der Waals surface area contributed by atoms with E-state index in [0.29, 0.717) is 27.9 Å². The number of benzene rings is 1. The van der Waals surface area contributed by atoms with Gasteiger partial charge in [-0.15, -0.1) is 11.3 Å². The minimum Gasteiger partial charge on any atom is -0.495 e. The van der Waals surface area contributed by atoms with Gasteiger partial charge in [0.2, 0.25) is 0 Å². The fraction of sp³-hybridized carbons (Fsp3) is 0.250. The minimum atomic E-state index is -3.77. The quantitative estimate of drug-likeness (QED) is 0.691. The molecule has 2 heterocycles. The highest BCUT2D eigenvalue weighted by molar-refractivity contribution is 7.93. The van der Waals surface area contributed by atoms with Gasteiger partial charge in [0.15, 0.2) is 5.13 Å². The number of hydrogen-bond donors (Lipinski definition) is 1. The van der Waals surface area contributed by atoms with E-state index in [4.69, 9.17) is 16.3 Å². The van der Waals surface area contributed by atoms with Gasteiger partial charge in [-0.25, -0.2) is 13.4 Å². The number of hydrogen-bond acceptors (Lipinski definition) is 6. The van der Waals surface area contributed by atoms with Gasteiger partial charge in [-0.1, -0.05) is 11.6 Å². The maximum absolute atomic E-state index is 12.7. The topological polar surface area (TPSA) is 86.1 Å². The van der Waals surface area contributed by atoms with E-state index in [0.717, 1.165) is 5.56 Å². The van der Waals surface area contributed by atoms with E-state index in [1.165, 1.54) is 16.0 Å². The molecule has 2 aromatic heterocycles. The molecule has 0 aliphatic heterocycles. The van der Waals surface area contributed by atoms with Crippen molar-refractivity contribution in [2.24, 2.45) is 7.05 Å². The van der Waals surface area contributed by atoms with Crippen LogP contribution < -0.4 is 9.46 Å². The van der Waals surface area contributed by atoms with Crippen molar-refractivity contribution >= 4 is 38.1 Å². The van der Waals surface area contributed by atoms with Gasteiger partial charge in [-0.2, -0.15) is 5.10 Å². The summed E-state index contributed by atoms with van der Waals surface area (Å²) in [5.74, 6) is 0.564. The highest BCUT2D eigenvalue weighted by atomic mass is 35.5. The van der Waals surface area contributed by atoms with Crippen molar-refractivity contribution in [2.75, 3.05) is 11.8 Å². The summed E-state index contributed by atoms with van der Waals surface area (Å²) in [6, 6.07) is 5.28. The Balaban J connectivity index is 1.90. The molecule has 1 N–H and O–H groups in total. The predicted octanol–water partition coefficient (Wildman–Crippen LogP) is 3.62. The van der Waals surface area contributed by atoms with Gasteiger partial charge < -0.3 is 4.74 Å². The number of sulfonamides is 1. The summed E-state index contributed by atoms with van der Waals surface area (Å²) < 4.78 is 34.6. The van der Waals surface area contributed by atoms with E-state index in [1.807, 2.05) is 6.07 Å². The zero-order valence-corrected chi connectivity index (χ0v) is 17.0. The molecule has 0 amide bonds. The Kier molecular flexibility index (Phi) is 4.96. The lowest BCUT2D eigenvalue weighted by Gasteiger charge is -2.06. The summed E-state index contributed by atoms with van der Waals surface area (Å²) in [4.78, 5) is 4.53. The summed E-state index contributed by atoms with van der Waals surface area (Å²) in [6.07, 6.45) is 0. The number of aromatic nitrogens is 3. The van der Waals surface area contributed by atoms with Crippen LogP contribution in [0.3, 0.4) is 0 Å². The Morgan fingerprint density at radius 1 is 1.31 bits per heavy atom. The molecule has 0 fully saturated rings. The molecule has 0 atom stereocenters. The van der Waals surface area contributed by atoms with Crippen molar-refractivity contribution in [1.82, 2.24) is 14.8 Å². The minimum absolute atomic E-state index is 0.171. The van der Waals surface area contributed by atoms with Crippen LogP contribution in [0.5, 0.6) is 5.75 Å². The molecule has 7 nitrogen and oxygen atoms in total. The van der Waals surface area contributed by atoms with Crippen molar-refractivity contribution in [3.05, 3.63) is 40.0 Å². The van der Waals surface area contributed by atoms with E-state index in [9.17, 15) is 8.42 Å². The van der Waals surface area contributed by atoms with Crippen LogP contribution in [0.15, 0.2) is 28.5 Å². The Morgan fingerprint density at radius 2 is 2.04 bits per heavy atom. The zero-order valence-electron chi connectivity index (χ0n) is 14.6. The highest BCUT2D eigenvalue weighted by Crippen LogP contribution is 2.32. The highest BCUT2D eigenvalue weighted by Gasteiger charge is 2.25. The molecule has 10 heteroatoms. The van der Waals surface area contributed by atoms with Gasteiger partial charge >= 0.3 is 0 Å². The van der Waals surface area contributed by atoms with E-state index in [-0.39, 0.29) is 10.0 Å². The first-order valence-electron chi connectivity index (χ1n) is 7.55. The number of ether oxygens (including phenoxy) is 1. The number of methoxy groups -OCH3 is 1. The molecular weight excluding hydrogens is 396 g/mol. The van der Waals surface area contributed by atoms with Gasteiger partial charge in [0, 0.05) is 18.0 Å². The summed E-state index contributed by atoms with van der Waals surface area (Å²) in [6.45, 7) is 3.37. The summed E-state index contributed by atoms with van der Waals surface area (Å²) >= 11 is 7.34. The molecule has 0 saturated carbocycles. The van der Waals surface area contributed by atoms with Gasteiger partial charge in [0.05, 0.1) is 29.2 Å². The molecule has 1 aromatic carbocycles. The standard InChI is InChI=1S/C16H17ClN4O3S2/c1-9-15(10(2)21(3)19-9)26(22,23)20-16-18-13(8-25-16)11-5-6-14(24-4)12(17)7-11/h5-8H,1-4H3,(H,18,20). The zero-order chi connectivity index (χ0) is 19.1. The summed E-state index contributed by atoms with van der Waals surface area (Å²) in [5, 5.41) is 6.65. The molecule has 0 saturated heterocycles. The molecule has 0 aliphatic carbocycles. The van der Waals surface area contributed by atoms with Crippen molar-refractivity contribution in [1.29, 1.82) is 0 Å². The molecule has 138 valence electrons. The lowest BCUT2D eigenvalue weighted by Crippen LogP contribution is -2.14. The normalized spacial score (nSPS) is 11.6. The predicted molar refractivity (Wildman–Crippen MR) is 103 cm³/mol. The molecule has 0 spiro atoms. The van der Waals surface area contributed by atoms with Crippen molar-refractivity contribution in [3.63, 3.8) is 0 Å². The van der Waals surface area contributed by atoms with E-state index in [1.54, 1.807) is 45.5 Å². The summed E-state index contributed by atoms with van der Waals surface area (Å²) in [7, 11) is -0.528. The first kappa shape index (κ1) is 18.7. The number of nitrogens with one attached hydrogen (secondary N) is 1. The SMILES string of the molecule is COc1ccc(-c2csc(NS(=O)(=O)c3c(C)nn(C)c3C)n2)cc1Cl. The Morgan fingerprint density at radius 3 is 2.62 bits per heavy atom. The van der Waals surface area contributed by atoms with Crippen LogP contribution in [-0.4, -0.2) is 30.3 Å². The molecule has 26 heavy (non-hydrogen) atoms. The van der Waals surface area contributed by atoms with Crippen molar-refractivity contribution in [3.8, 4) is 17.0 Å². The van der Waals surface area contributed by atoms with Crippen LogP contribution in [0.1, 0.15) is 11.4 Å². The second-order valence-electron chi connectivity index (χ2n) is 5.62. The van der Waals surface area contributed by atoms with E-state index in [2.05, 4.69) is 14.8 Å². The number of nitrogens with zero attached hydrogens (tertiary/aromatic N) is 3. The second-order valence-corrected chi connectivity index (χ2v) is 8.50. The Hall–Kier alpha value is -2.10. The largest absolute Gasteiger partial charge is 0.495 e. The fourth-order valence-electron chi connectivity index (χ4n) is 2.59. The molecule has 0 aliphatic rings. The van der Waals surface area contributed by atoms with Crippen LogP contribution in [0, 0.1) is 13.8 Å². The van der Waals surface area contributed by atoms with Crippen LogP contribution in [0.2, 0.25) is 5.02 Å². The Labute approximate surface area is 160 Å². The smallest absolute Gasteiger partial charge is 0.267 e. The van der Waals surface area contributed by atoms with Gasteiger partial charge in [-0.3, -0.25) is 9.40 Å². The number of rotatable bonds is 5. The molecule has 3 aromatic rings. The fourth-order valence-corrected chi connectivity index (χ4v) is 5.26. The Bertz CT molecular complexity index is 1070. The maximum Gasteiger partial charge on any atom is 0.267 e. The number of anilines is 1. The third kappa shape index (κ3) is 3.42. The monoisotopic (exact) mass is 412 g/mol. The second kappa shape index (κ2) is 6.90. The third-order valence-corrected chi connectivity index (χ3v) is 6.66. The molecule has 0 bridgehead atoms. The van der Waals surface area contributed by atoms with Crippen LogP contribution in [0.4, 0.5) is 5.13 Å². The average Bonchev–Trinajstić information content (AvgIpc) is 3.11. The van der Waals surface area contributed by atoms with E-state index < -0.39 is 10.0 Å². The van der Waals surface area contributed by atoms with Crippen molar-refractivity contribution in [2.45, 2.75) is 18.7 Å². The number of thiazole rings is 1. The van der Waals surface area contributed by atoms with Crippen LogP contribution in [0.25, 0.3) is 11.3 Å². The molecular formula is C16H17ClN4O3S2. The first-order chi connectivity index (χ1) is 12.2. The van der Waals surface area contributed by atoms with Crippen LogP contribution in [-0.2, 0) is 17.1 Å². The molecule has 0 radical (unpaired) electrons. The summed E-state index contributed by atoms with van der Waals surface area (Å²) in [5.41, 5.74) is 2.40. The number of halogens is 1. The van der Waals surface area contributed by atoms with Crippen molar-refractivity contribution < 1.29 is 13.2 Å². The van der Waals surface area contributed by atoms with Gasteiger partial charge in [-0.05, 0) is 32.0 Å². The van der Waals surface area contributed by atoms with Gasteiger partial charge in [0.1, 0.15) is 10.6 Å². The molecule has 3 rings (SSSR count). The lowest BCUT2D eigenvalue weighted by molar-refractivity contribution is 0.415. The third-order valence-electron chi connectivity index (χ3n) is 3.88. The van der Waals surface area contributed by atoms with Crippen LogP contribution >= 0.6 is 22.9 Å². The maximum atomic E-state index is 12.7. The molecule has 0 unspecified atom stereocenters. The first-order valence-corrected chi connectivity index (χ1v) is 10.3. The average molecular weight is 413 g/mol. The number of aryl methyl sites for hydroxylation is 2. The van der Waals surface area contributed by atoms with E-state index >= 15 is 0 Å².